The Hall–Kier alpha value is -4.19. The first-order valence-electron chi connectivity index (χ1n) is 10.8. The molecule has 0 atom stereocenters. The molecule has 1 aliphatic carbocycles. The van der Waals surface area contributed by atoms with E-state index in [1.807, 2.05) is 0 Å². The van der Waals surface area contributed by atoms with Gasteiger partial charge in [0, 0.05) is 36.0 Å². The number of aromatic amines is 1. The summed E-state index contributed by atoms with van der Waals surface area (Å²) in [6, 6.07) is 3.03. The number of nitrogens with zero attached hydrogens (tertiary/aromatic N) is 3. The number of fused-ring (bicyclic) bond motifs is 2. The largest absolute Gasteiger partial charge is 0.376 e. The molecule has 3 aromatic rings. The molecule has 0 radical (unpaired) electrons. The molecule has 178 valence electrons. The van der Waals surface area contributed by atoms with Gasteiger partial charge >= 0.3 is 0 Å². The average Bonchev–Trinajstić information content (AvgIpc) is 3.12. The molecule has 3 N–H and O–H groups in total. The number of carbonyl (C=O) groups is 3. The molecule has 10 nitrogen and oxygen atoms in total. The zero-order valence-electron chi connectivity index (χ0n) is 18.4. The third-order valence-electron chi connectivity index (χ3n) is 6.61. The summed E-state index contributed by atoms with van der Waals surface area (Å²) in [5, 5.41) is 15.5. The number of anilines is 1. The van der Waals surface area contributed by atoms with Gasteiger partial charge in [0.1, 0.15) is 16.9 Å². The van der Waals surface area contributed by atoms with E-state index in [9.17, 15) is 23.2 Å². The second-order valence-electron chi connectivity index (χ2n) is 8.83. The highest BCUT2D eigenvalue weighted by Gasteiger charge is 2.47. The molecule has 1 aromatic carbocycles. The normalized spacial score (nSPS) is 16.9. The van der Waals surface area contributed by atoms with Crippen LogP contribution in [0.1, 0.15) is 44.2 Å². The van der Waals surface area contributed by atoms with Crippen LogP contribution in [0.5, 0.6) is 0 Å². The maximum Gasteiger partial charge on any atom is 0.293 e. The second-order valence-corrected chi connectivity index (χ2v) is 8.83. The van der Waals surface area contributed by atoms with E-state index in [-0.39, 0.29) is 30.2 Å². The molecule has 35 heavy (non-hydrogen) atoms. The third-order valence-corrected chi connectivity index (χ3v) is 6.61. The number of aromatic nitrogens is 4. The first-order valence-corrected chi connectivity index (χ1v) is 10.8. The summed E-state index contributed by atoms with van der Waals surface area (Å²) in [5.41, 5.74) is 2.78. The van der Waals surface area contributed by atoms with Gasteiger partial charge in [0.05, 0.1) is 25.0 Å². The Morgan fingerprint density at radius 3 is 2.63 bits per heavy atom. The number of hydrogen-bond acceptors (Lipinski definition) is 6. The van der Waals surface area contributed by atoms with Crippen LogP contribution in [0.25, 0.3) is 5.70 Å². The quantitative estimate of drug-likeness (QED) is 0.365. The number of amides is 2. The maximum absolute atomic E-state index is 13.6. The van der Waals surface area contributed by atoms with Crippen molar-refractivity contribution in [2.75, 3.05) is 18.5 Å². The molecule has 2 amide bonds. The van der Waals surface area contributed by atoms with E-state index >= 15 is 0 Å². The lowest BCUT2D eigenvalue weighted by Crippen LogP contribution is -2.60. The predicted octanol–water partition coefficient (Wildman–Crippen LogP) is 1.84. The van der Waals surface area contributed by atoms with Gasteiger partial charge in [0.25, 0.3) is 17.6 Å². The van der Waals surface area contributed by atoms with E-state index < -0.39 is 34.8 Å². The fraction of sp³-hybridized carbons (Fsp3) is 0.261. The third kappa shape index (κ3) is 3.21. The van der Waals surface area contributed by atoms with Gasteiger partial charge in [-0.25, -0.2) is 8.78 Å². The predicted molar refractivity (Wildman–Crippen MR) is 116 cm³/mol. The smallest absolute Gasteiger partial charge is 0.293 e. The summed E-state index contributed by atoms with van der Waals surface area (Å²) in [6.45, 7) is 1.88. The summed E-state index contributed by atoms with van der Waals surface area (Å²) in [6.07, 6.45) is 2.62. The van der Waals surface area contributed by atoms with E-state index in [0.717, 1.165) is 23.4 Å². The van der Waals surface area contributed by atoms with Crippen LogP contribution in [0.15, 0.2) is 30.0 Å². The number of hydrogen-bond donors (Lipinski definition) is 3. The Labute approximate surface area is 196 Å². The van der Waals surface area contributed by atoms with E-state index in [2.05, 4.69) is 26.0 Å². The zero-order valence-corrected chi connectivity index (χ0v) is 18.4. The van der Waals surface area contributed by atoms with Crippen molar-refractivity contribution in [2.24, 2.45) is 0 Å². The van der Waals surface area contributed by atoms with Gasteiger partial charge in [-0.3, -0.25) is 14.4 Å². The van der Waals surface area contributed by atoms with Crippen molar-refractivity contribution < 1.29 is 27.9 Å². The van der Waals surface area contributed by atoms with Crippen LogP contribution in [0, 0.1) is 18.6 Å². The van der Waals surface area contributed by atoms with Crippen LogP contribution >= 0.6 is 0 Å². The highest BCUT2D eigenvalue weighted by Crippen LogP contribution is 2.48. The van der Waals surface area contributed by atoms with E-state index in [0.29, 0.717) is 29.8 Å². The van der Waals surface area contributed by atoms with Crippen LogP contribution < -0.4 is 10.6 Å². The average molecular weight is 480 g/mol. The molecule has 2 aromatic heterocycles. The summed E-state index contributed by atoms with van der Waals surface area (Å²) >= 11 is 0. The van der Waals surface area contributed by atoms with Crippen molar-refractivity contribution in [3.05, 3.63) is 69.8 Å². The Balaban J connectivity index is 1.32. The zero-order chi connectivity index (χ0) is 24.5. The molecule has 1 saturated heterocycles. The number of benzene rings is 1. The first-order chi connectivity index (χ1) is 16.8. The van der Waals surface area contributed by atoms with Gasteiger partial charge in [0.2, 0.25) is 0 Å². The monoisotopic (exact) mass is 480 g/mol. The minimum absolute atomic E-state index is 0.0667. The standard InChI is InChI=1S/C23H18F2N6O4/c1-10-18(20(32)22(34)28-23(8-35-9-23)17-7-26-30-29-17)16-5-11-4-15(11)31(16)19(10)21(33)27-12-2-3-13(24)14(25)6-12/h2-3,6-7H,4-5,8-9H2,1H3,(H,27,33)(H,28,34)(H,26,29,30). The Morgan fingerprint density at radius 2 is 1.97 bits per heavy atom. The Morgan fingerprint density at radius 1 is 1.17 bits per heavy atom. The number of H-pyrrole nitrogens is 1. The lowest BCUT2D eigenvalue weighted by Gasteiger charge is -2.39. The molecule has 3 aliphatic rings. The van der Waals surface area contributed by atoms with Crippen molar-refractivity contribution in [3.8, 4) is 0 Å². The second kappa shape index (κ2) is 7.40. The van der Waals surface area contributed by atoms with Crippen LogP contribution in [-0.4, -0.2) is 50.8 Å². The molecule has 0 bridgehead atoms. The fourth-order valence-electron chi connectivity index (χ4n) is 4.72. The maximum atomic E-state index is 13.6. The fourth-order valence-corrected chi connectivity index (χ4v) is 4.72. The summed E-state index contributed by atoms with van der Waals surface area (Å²) < 4.78 is 33.8. The van der Waals surface area contributed by atoms with Gasteiger partial charge in [-0.1, -0.05) is 0 Å². The molecule has 0 saturated carbocycles. The Bertz CT molecular complexity index is 1470. The van der Waals surface area contributed by atoms with Crippen LogP contribution in [-0.2, 0) is 21.5 Å². The lowest BCUT2D eigenvalue weighted by atomic mass is 9.92. The molecule has 6 rings (SSSR count). The number of rotatable bonds is 6. The number of ether oxygens (including phenoxy) is 1. The number of halogens is 2. The SMILES string of the molecule is Cc1c(C(=O)C(=O)NC2(c3cn[nH]n3)COC2)c2n(c1C(=O)Nc1ccc(F)c(F)c1)C1=C(C1)C2. The Kier molecular flexibility index (Phi) is 4.52. The van der Waals surface area contributed by atoms with E-state index in [4.69, 9.17) is 4.74 Å². The van der Waals surface area contributed by atoms with Crippen LogP contribution in [0.3, 0.4) is 0 Å². The molecule has 4 heterocycles. The minimum atomic E-state index is -1.10. The van der Waals surface area contributed by atoms with Crippen LogP contribution in [0.2, 0.25) is 0 Å². The topological polar surface area (TPSA) is 131 Å². The van der Waals surface area contributed by atoms with Gasteiger partial charge < -0.3 is 19.9 Å². The van der Waals surface area contributed by atoms with Crippen LogP contribution in [0.4, 0.5) is 14.5 Å². The van der Waals surface area contributed by atoms with Gasteiger partial charge in [0.15, 0.2) is 11.6 Å². The molecular formula is C23H18F2N6O4. The number of carbonyl (C=O) groups excluding carboxylic acids is 3. The van der Waals surface area contributed by atoms with E-state index in [1.54, 1.807) is 11.5 Å². The summed E-state index contributed by atoms with van der Waals surface area (Å²) in [7, 11) is 0. The van der Waals surface area contributed by atoms with Crippen molar-refractivity contribution in [1.82, 2.24) is 25.3 Å². The highest BCUT2D eigenvalue weighted by atomic mass is 19.2. The van der Waals surface area contributed by atoms with E-state index in [1.165, 1.54) is 12.3 Å². The number of nitrogens with one attached hydrogen (secondary N) is 3. The van der Waals surface area contributed by atoms with Gasteiger partial charge in [-0.2, -0.15) is 15.4 Å². The molecular weight excluding hydrogens is 462 g/mol. The van der Waals surface area contributed by atoms with Gasteiger partial charge in [-0.05, 0) is 30.2 Å². The lowest BCUT2D eigenvalue weighted by molar-refractivity contribution is -0.130. The van der Waals surface area contributed by atoms with Crippen molar-refractivity contribution >= 4 is 29.0 Å². The molecule has 2 aliphatic heterocycles. The summed E-state index contributed by atoms with van der Waals surface area (Å²) in [5.74, 6) is -4.36. The summed E-state index contributed by atoms with van der Waals surface area (Å²) in [4.78, 5) is 39.6. The van der Waals surface area contributed by atoms with Crippen molar-refractivity contribution in [1.29, 1.82) is 0 Å². The number of allylic oxidation sites excluding steroid dienone is 2. The highest BCUT2D eigenvalue weighted by molar-refractivity contribution is 6.44. The molecule has 1 fully saturated rings. The number of ketones is 1. The molecule has 12 heteroatoms. The van der Waals surface area contributed by atoms with Gasteiger partial charge in [-0.15, -0.1) is 0 Å². The first kappa shape index (κ1) is 21.4. The van der Waals surface area contributed by atoms with Crippen molar-refractivity contribution in [2.45, 2.75) is 25.3 Å². The van der Waals surface area contributed by atoms with Crippen molar-refractivity contribution in [3.63, 3.8) is 0 Å². The molecule has 0 spiro atoms. The number of Topliss-reactive ketones (excluding diaryl/α,β-unsaturated/α-hetero) is 1. The molecule has 0 unspecified atom stereocenters. The minimum Gasteiger partial charge on any atom is -0.376 e.